The quantitative estimate of drug-likeness (QED) is 0.773. The van der Waals surface area contributed by atoms with E-state index in [2.05, 4.69) is 25.8 Å². The van der Waals surface area contributed by atoms with Crippen molar-refractivity contribution < 1.29 is 18.3 Å². The van der Waals surface area contributed by atoms with Crippen LogP contribution in [0.1, 0.15) is 54.4 Å². The zero-order valence-corrected chi connectivity index (χ0v) is 16.6. The van der Waals surface area contributed by atoms with Crippen LogP contribution in [0, 0.1) is 5.82 Å². The highest BCUT2D eigenvalue weighted by atomic mass is 32.1. The van der Waals surface area contributed by atoms with Gasteiger partial charge in [0.15, 0.2) is 4.80 Å². The summed E-state index contributed by atoms with van der Waals surface area (Å²) in [5.74, 6) is -1.40. The van der Waals surface area contributed by atoms with Gasteiger partial charge in [0.1, 0.15) is 12.5 Å². The summed E-state index contributed by atoms with van der Waals surface area (Å²) in [6.45, 7) is 6.86. The first-order valence-electron chi connectivity index (χ1n) is 9.03. The van der Waals surface area contributed by atoms with Crippen molar-refractivity contribution in [1.82, 2.24) is 4.57 Å². The molecule has 0 saturated carbocycles. The Morgan fingerprint density at radius 1 is 1.41 bits per heavy atom. The van der Waals surface area contributed by atoms with Crippen LogP contribution in [0.4, 0.5) is 8.78 Å². The highest BCUT2D eigenvalue weighted by Gasteiger charge is 2.22. The van der Waals surface area contributed by atoms with Crippen molar-refractivity contribution in [2.24, 2.45) is 4.99 Å². The molecule has 1 aromatic carbocycles. The van der Waals surface area contributed by atoms with E-state index in [1.807, 2.05) is 10.8 Å². The van der Waals surface area contributed by atoms with Crippen molar-refractivity contribution in [2.75, 3.05) is 6.61 Å². The molecule has 0 aliphatic carbocycles. The second-order valence-electron chi connectivity index (χ2n) is 7.78. The fraction of sp³-hybridized carbons (Fsp3) is 0.500. The van der Waals surface area contributed by atoms with Gasteiger partial charge in [-0.05, 0) is 36.0 Å². The zero-order valence-electron chi connectivity index (χ0n) is 15.8. The third-order valence-corrected chi connectivity index (χ3v) is 5.94. The monoisotopic (exact) mass is 394 g/mol. The molecule has 1 atom stereocenters. The van der Waals surface area contributed by atoms with Gasteiger partial charge in [-0.3, -0.25) is 4.79 Å². The minimum absolute atomic E-state index is 0.0908. The molecule has 1 fully saturated rings. The van der Waals surface area contributed by atoms with Crippen molar-refractivity contribution in [1.29, 1.82) is 0 Å². The Bertz CT molecular complexity index is 890. The van der Waals surface area contributed by atoms with Crippen LogP contribution >= 0.6 is 11.3 Å². The summed E-state index contributed by atoms with van der Waals surface area (Å²) in [5, 5.41) is 0. The van der Waals surface area contributed by atoms with Gasteiger partial charge in [0.2, 0.25) is 0 Å². The summed E-state index contributed by atoms with van der Waals surface area (Å²) in [7, 11) is 0. The molecule has 3 rings (SSSR count). The predicted molar refractivity (Wildman–Crippen MR) is 101 cm³/mol. The molecular weight excluding hydrogens is 370 g/mol. The van der Waals surface area contributed by atoms with Crippen LogP contribution in [0.3, 0.4) is 0 Å². The maximum atomic E-state index is 14.1. The third-order valence-electron chi connectivity index (χ3n) is 4.50. The normalized spacial score (nSPS) is 18.3. The smallest absolute Gasteiger partial charge is 0.282 e. The maximum Gasteiger partial charge on any atom is 0.282 e. The van der Waals surface area contributed by atoms with Crippen LogP contribution in [0.2, 0.25) is 0 Å². The first-order valence-corrected chi connectivity index (χ1v) is 9.85. The van der Waals surface area contributed by atoms with Gasteiger partial charge in [0.05, 0.1) is 18.2 Å². The van der Waals surface area contributed by atoms with E-state index in [4.69, 9.17) is 4.74 Å². The number of hydrogen-bond donors (Lipinski definition) is 0. The van der Waals surface area contributed by atoms with Gasteiger partial charge in [-0.25, -0.2) is 8.78 Å². The van der Waals surface area contributed by atoms with E-state index in [1.54, 1.807) is 0 Å². The van der Waals surface area contributed by atoms with Gasteiger partial charge in [0.25, 0.3) is 5.91 Å². The standard InChI is InChI=1S/C20H24F2N2O2S/c1-20(2,3)17-12-24(11-14-5-4-8-26-14)19(27-17)23-18(25)15-9-13(10-21)6-7-16(15)22/h6-7,9,12,14H,4-5,8,10-11H2,1-3H3/t14-/m1/s1. The molecule has 1 aromatic heterocycles. The topological polar surface area (TPSA) is 43.6 Å². The lowest BCUT2D eigenvalue weighted by Gasteiger charge is -2.15. The van der Waals surface area contributed by atoms with Crippen LogP contribution in [0.5, 0.6) is 0 Å². The van der Waals surface area contributed by atoms with E-state index < -0.39 is 18.4 Å². The van der Waals surface area contributed by atoms with Gasteiger partial charge in [0, 0.05) is 17.7 Å². The minimum Gasteiger partial charge on any atom is -0.376 e. The predicted octanol–water partition coefficient (Wildman–Crippen LogP) is 4.38. The summed E-state index contributed by atoms with van der Waals surface area (Å²) in [4.78, 5) is 18.3. The number of carbonyl (C=O) groups excluding carboxylic acids is 1. The molecule has 0 N–H and O–H groups in total. The number of thiazole rings is 1. The van der Waals surface area contributed by atoms with Gasteiger partial charge in [-0.2, -0.15) is 4.99 Å². The zero-order chi connectivity index (χ0) is 19.6. The number of halogens is 2. The average molecular weight is 394 g/mol. The Hall–Kier alpha value is -1.86. The molecule has 146 valence electrons. The molecule has 1 amide bonds. The number of hydrogen-bond acceptors (Lipinski definition) is 3. The number of aromatic nitrogens is 1. The fourth-order valence-corrected chi connectivity index (χ4v) is 3.97. The maximum absolute atomic E-state index is 14.1. The van der Waals surface area contributed by atoms with Gasteiger partial charge in [-0.1, -0.05) is 26.8 Å². The largest absolute Gasteiger partial charge is 0.376 e. The Morgan fingerprint density at radius 3 is 2.81 bits per heavy atom. The van der Waals surface area contributed by atoms with E-state index >= 15 is 0 Å². The van der Waals surface area contributed by atoms with Crippen LogP contribution in [-0.2, 0) is 23.4 Å². The van der Waals surface area contributed by atoms with Crippen LogP contribution in [0.15, 0.2) is 29.4 Å². The van der Waals surface area contributed by atoms with E-state index in [0.717, 1.165) is 30.4 Å². The molecule has 7 heteroatoms. The van der Waals surface area contributed by atoms with Gasteiger partial charge >= 0.3 is 0 Å². The lowest BCUT2D eigenvalue weighted by molar-refractivity contribution is 0.0948. The molecule has 0 spiro atoms. The molecule has 1 aliphatic rings. The lowest BCUT2D eigenvalue weighted by Crippen LogP contribution is -2.23. The Labute approximate surface area is 161 Å². The minimum atomic E-state index is -0.757. The number of rotatable bonds is 4. The summed E-state index contributed by atoms with van der Waals surface area (Å²) in [6.07, 6.45) is 4.07. The van der Waals surface area contributed by atoms with Gasteiger partial charge < -0.3 is 9.30 Å². The first kappa shape index (κ1) is 19.9. The number of benzene rings is 1. The Balaban J connectivity index is 2.00. The molecule has 1 saturated heterocycles. The first-order chi connectivity index (χ1) is 12.8. The summed E-state index contributed by atoms with van der Waals surface area (Å²) in [5.41, 5.74) is -0.0534. The Morgan fingerprint density at radius 2 is 2.19 bits per heavy atom. The van der Waals surface area contributed by atoms with Crippen LogP contribution < -0.4 is 4.80 Å². The Kier molecular flexibility index (Phi) is 5.91. The van der Waals surface area contributed by atoms with Crippen LogP contribution in [-0.4, -0.2) is 23.2 Å². The van der Waals surface area contributed by atoms with E-state index in [1.165, 1.54) is 23.5 Å². The van der Waals surface area contributed by atoms with E-state index in [0.29, 0.717) is 11.3 Å². The second-order valence-corrected chi connectivity index (χ2v) is 8.79. The summed E-state index contributed by atoms with van der Waals surface area (Å²) >= 11 is 1.41. The fourth-order valence-electron chi connectivity index (χ4n) is 2.92. The number of nitrogens with zero attached hydrogens (tertiary/aromatic N) is 2. The number of carbonyl (C=O) groups is 1. The number of alkyl halides is 1. The van der Waals surface area contributed by atoms with Crippen molar-refractivity contribution in [3.8, 4) is 0 Å². The molecule has 2 heterocycles. The summed E-state index contributed by atoms with van der Waals surface area (Å²) in [6, 6.07) is 3.66. The van der Waals surface area contributed by atoms with Crippen molar-refractivity contribution >= 4 is 17.2 Å². The highest BCUT2D eigenvalue weighted by Crippen LogP contribution is 2.25. The summed E-state index contributed by atoms with van der Waals surface area (Å²) < 4.78 is 34.5. The molecule has 4 nitrogen and oxygen atoms in total. The number of amides is 1. The van der Waals surface area contributed by atoms with Gasteiger partial charge in [-0.15, -0.1) is 11.3 Å². The molecule has 1 aliphatic heterocycles. The molecule has 27 heavy (non-hydrogen) atoms. The van der Waals surface area contributed by atoms with Crippen molar-refractivity contribution in [3.05, 3.63) is 51.0 Å². The molecule has 0 bridgehead atoms. The molecular formula is C20H24F2N2O2S. The molecule has 0 radical (unpaired) electrons. The second kappa shape index (κ2) is 8.02. The van der Waals surface area contributed by atoms with E-state index in [-0.39, 0.29) is 22.6 Å². The number of ether oxygens (including phenoxy) is 1. The van der Waals surface area contributed by atoms with Crippen molar-refractivity contribution in [2.45, 2.75) is 58.4 Å². The van der Waals surface area contributed by atoms with E-state index in [9.17, 15) is 13.6 Å². The lowest BCUT2D eigenvalue weighted by atomic mass is 9.95. The molecule has 0 unspecified atom stereocenters. The SMILES string of the molecule is CC(C)(C)c1cn(C[C@H]2CCCO2)c(=NC(=O)c2cc(CF)ccc2F)s1. The highest BCUT2D eigenvalue weighted by molar-refractivity contribution is 7.09. The average Bonchev–Trinajstić information content (AvgIpc) is 3.26. The molecule has 2 aromatic rings. The van der Waals surface area contributed by atoms with Crippen LogP contribution in [0.25, 0.3) is 0 Å². The van der Waals surface area contributed by atoms with Crippen molar-refractivity contribution in [3.63, 3.8) is 0 Å². The third kappa shape index (κ3) is 4.71.